The van der Waals surface area contributed by atoms with Crippen LogP contribution >= 0.6 is 23.2 Å². The minimum atomic E-state index is -4.19. The number of rotatable bonds is 8. The quantitative estimate of drug-likeness (QED) is 0.447. The SMILES string of the molecule is O=C(O)C(Cc1ccc(C(O)C2NCCC2=O)cc1)NS(=O)(=O)c1cc(Cl)cc(Cl)c1. The standard InChI is InChI=1S/C20H20Cl2N2O6S/c21-13-8-14(22)10-15(9-13)31(29,30)24-16(20(27)28)7-11-1-3-12(4-2-11)19(26)18-17(25)5-6-23-18/h1-4,8-10,16,18-19,23-24,26H,5-7H2,(H,27,28). The summed E-state index contributed by atoms with van der Waals surface area (Å²) >= 11 is 11.7. The summed E-state index contributed by atoms with van der Waals surface area (Å²) in [4.78, 5) is 23.2. The number of Topliss-reactive ketones (excluding diaryl/α,β-unsaturated/α-hetero) is 1. The zero-order chi connectivity index (χ0) is 22.8. The van der Waals surface area contributed by atoms with Crippen LogP contribution in [-0.4, -0.2) is 49.0 Å². The van der Waals surface area contributed by atoms with E-state index >= 15 is 0 Å². The molecule has 3 rings (SSSR count). The molecule has 166 valence electrons. The Hall–Kier alpha value is -2.01. The third-order valence-electron chi connectivity index (χ3n) is 4.90. The predicted molar refractivity (Wildman–Crippen MR) is 115 cm³/mol. The minimum absolute atomic E-state index is 0.0713. The minimum Gasteiger partial charge on any atom is -0.480 e. The molecule has 0 amide bonds. The molecule has 8 nitrogen and oxygen atoms in total. The molecular formula is C20H20Cl2N2O6S. The maximum atomic E-state index is 12.6. The summed E-state index contributed by atoms with van der Waals surface area (Å²) in [6, 6.07) is 7.91. The van der Waals surface area contributed by atoms with Gasteiger partial charge in [-0.3, -0.25) is 9.59 Å². The Morgan fingerprint density at radius 1 is 1.16 bits per heavy atom. The average molecular weight is 487 g/mol. The number of halogens is 2. The van der Waals surface area contributed by atoms with Crippen LogP contribution in [-0.2, 0) is 26.0 Å². The second kappa shape index (κ2) is 9.64. The highest BCUT2D eigenvalue weighted by molar-refractivity contribution is 7.89. The molecule has 0 aliphatic carbocycles. The summed E-state index contributed by atoms with van der Waals surface area (Å²) in [5.74, 6) is -1.43. The van der Waals surface area contributed by atoms with E-state index in [-0.39, 0.29) is 27.1 Å². The number of carbonyl (C=O) groups excluding carboxylic acids is 1. The summed E-state index contributed by atoms with van der Waals surface area (Å²) in [6.07, 6.45) is -0.803. The number of aliphatic carboxylic acids is 1. The van der Waals surface area contributed by atoms with Crippen LogP contribution in [0.2, 0.25) is 10.0 Å². The zero-order valence-corrected chi connectivity index (χ0v) is 18.4. The highest BCUT2D eigenvalue weighted by Crippen LogP contribution is 2.24. The van der Waals surface area contributed by atoms with Crippen LogP contribution < -0.4 is 10.0 Å². The molecule has 0 radical (unpaired) electrons. The van der Waals surface area contributed by atoms with E-state index in [0.29, 0.717) is 24.1 Å². The van der Waals surface area contributed by atoms with E-state index in [0.717, 1.165) is 0 Å². The lowest BCUT2D eigenvalue weighted by atomic mass is 9.97. The van der Waals surface area contributed by atoms with Gasteiger partial charge in [0.15, 0.2) is 5.78 Å². The molecule has 0 bridgehead atoms. The van der Waals surface area contributed by atoms with Gasteiger partial charge in [0, 0.05) is 23.0 Å². The Labute approximate surface area is 189 Å². The third-order valence-corrected chi connectivity index (χ3v) is 6.79. The topological polar surface area (TPSA) is 133 Å². The van der Waals surface area contributed by atoms with Gasteiger partial charge in [-0.15, -0.1) is 0 Å². The summed E-state index contributed by atoms with van der Waals surface area (Å²) in [6.45, 7) is 0.511. The Bertz CT molecular complexity index is 1070. The van der Waals surface area contributed by atoms with Crippen molar-refractivity contribution in [2.45, 2.75) is 35.9 Å². The smallest absolute Gasteiger partial charge is 0.322 e. The van der Waals surface area contributed by atoms with Crippen molar-refractivity contribution in [2.24, 2.45) is 0 Å². The molecule has 0 aromatic heterocycles. The maximum Gasteiger partial charge on any atom is 0.322 e. The van der Waals surface area contributed by atoms with Crippen LogP contribution in [0, 0.1) is 0 Å². The number of nitrogens with one attached hydrogen (secondary N) is 2. The normalized spacial score (nSPS) is 18.7. The first-order valence-electron chi connectivity index (χ1n) is 9.31. The number of aliphatic hydroxyl groups is 1. The van der Waals surface area contributed by atoms with Gasteiger partial charge in [0.05, 0.1) is 10.9 Å². The Morgan fingerprint density at radius 3 is 2.29 bits per heavy atom. The van der Waals surface area contributed by atoms with Crippen LogP contribution in [0.1, 0.15) is 23.7 Å². The molecule has 3 unspecified atom stereocenters. The largest absolute Gasteiger partial charge is 0.480 e. The molecule has 2 aromatic carbocycles. The number of benzene rings is 2. The van der Waals surface area contributed by atoms with Crippen molar-refractivity contribution in [1.82, 2.24) is 10.0 Å². The average Bonchev–Trinajstić information content (AvgIpc) is 3.12. The molecule has 0 saturated carbocycles. The Balaban J connectivity index is 1.74. The molecule has 1 saturated heterocycles. The number of ketones is 1. The van der Waals surface area contributed by atoms with Crippen LogP contribution in [0.3, 0.4) is 0 Å². The van der Waals surface area contributed by atoms with Crippen molar-refractivity contribution < 1.29 is 28.2 Å². The number of hydrogen-bond donors (Lipinski definition) is 4. The molecule has 0 spiro atoms. The summed E-state index contributed by atoms with van der Waals surface area (Å²) in [7, 11) is -4.19. The first kappa shape index (κ1) is 23.6. The molecule has 1 fully saturated rings. The maximum absolute atomic E-state index is 12.6. The lowest BCUT2D eigenvalue weighted by Gasteiger charge is -2.18. The van der Waals surface area contributed by atoms with Crippen molar-refractivity contribution in [2.75, 3.05) is 6.54 Å². The summed E-state index contributed by atoms with van der Waals surface area (Å²) in [5, 5.41) is 23.0. The van der Waals surface area contributed by atoms with Gasteiger partial charge in [0.25, 0.3) is 0 Å². The number of sulfonamides is 1. The van der Waals surface area contributed by atoms with Crippen molar-refractivity contribution in [1.29, 1.82) is 0 Å². The molecule has 31 heavy (non-hydrogen) atoms. The van der Waals surface area contributed by atoms with Crippen molar-refractivity contribution in [3.8, 4) is 0 Å². The number of aliphatic hydroxyl groups excluding tert-OH is 1. The van der Waals surface area contributed by atoms with Gasteiger partial charge in [-0.05, 0) is 35.7 Å². The van der Waals surface area contributed by atoms with Gasteiger partial charge in [0.2, 0.25) is 10.0 Å². The van der Waals surface area contributed by atoms with Crippen LogP contribution in [0.4, 0.5) is 0 Å². The molecule has 4 N–H and O–H groups in total. The molecule has 1 heterocycles. The number of carbonyl (C=O) groups is 2. The number of hydrogen-bond acceptors (Lipinski definition) is 6. The lowest BCUT2D eigenvalue weighted by molar-refractivity contribution is -0.139. The van der Waals surface area contributed by atoms with E-state index in [1.54, 1.807) is 24.3 Å². The van der Waals surface area contributed by atoms with Crippen molar-refractivity contribution in [3.05, 3.63) is 63.6 Å². The highest BCUT2D eigenvalue weighted by atomic mass is 35.5. The Kier molecular flexibility index (Phi) is 7.35. The van der Waals surface area contributed by atoms with Gasteiger partial charge in [-0.25, -0.2) is 8.42 Å². The van der Waals surface area contributed by atoms with Gasteiger partial charge >= 0.3 is 5.97 Å². The number of carboxylic acids is 1. The fraction of sp³-hybridized carbons (Fsp3) is 0.300. The lowest BCUT2D eigenvalue weighted by Crippen LogP contribution is -2.42. The monoisotopic (exact) mass is 486 g/mol. The molecular weight excluding hydrogens is 467 g/mol. The fourth-order valence-corrected chi connectivity index (χ4v) is 5.22. The van der Waals surface area contributed by atoms with E-state index in [9.17, 15) is 28.2 Å². The first-order valence-corrected chi connectivity index (χ1v) is 11.5. The van der Waals surface area contributed by atoms with E-state index in [1.807, 2.05) is 0 Å². The third kappa shape index (κ3) is 5.82. The van der Waals surface area contributed by atoms with Gasteiger partial charge < -0.3 is 15.5 Å². The van der Waals surface area contributed by atoms with E-state index in [4.69, 9.17) is 23.2 Å². The Morgan fingerprint density at radius 2 is 1.77 bits per heavy atom. The molecule has 11 heteroatoms. The van der Waals surface area contributed by atoms with E-state index < -0.39 is 34.2 Å². The van der Waals surface area contributed by atoms with Crippen molar-refractivity contribution in [3.63, 3.8) is 0 Å². The van der Waals surface area contributed by atoms with E-state index in [1.165, 1.54) is 18.2 Å². The fourth-order valence-electron chi connectivity index (χ4n) is 3.31. The summed E-state index contributed by atoms with van der Waals surface area (Å²) in [5.41, 5.74) is 1.03. The summed E-state index contributed by atoms with van der Waals surface area (Å²) < 4.78 is 27.3. The van der Waals surface area contributed by atoms with Gasteiger partial charge in [0.1, 0.15) is 12.1 Å². The van der Waals surface area contributed by atoms with Crippen molar-refractivity contribution >= 4 is 45.0 Å². The van der Waals surface area contributed by atoms with Crippen LogP contribution in [0.25, 0.3) is 0 Å². The number of carboxylic acid groups (broad SMARTS) is 1. The molecule has 3 atom stereocenters. The second-order valence-electron chi connectivity index (χ2n) is 7.16. The second-order valence-corrected chi connectivity index (χ2v) is 9.74. The van der Waals surface area contributed by atoms with Gasteiger partial charge in [-0.1, -0.05) is 47.5 Å². The molecule has 1 aliphatic rings. The van der Waals surface area contributed by atoms with Crippen LogP contribution in [0.5, 0.6) is 0 Å². The molecule has 2 aromatic rings. The van der Waals surface area contributed by atoms with Crippen LogP contribution in [0.15, 0.2) is 47.4 Å². The first-order chi connectivity index (χ1) is 14.6. The van der Waals surface area contributed by atoms with Gasteiger partial charge in [-0.2, -0.15) is 4.72 Å². The molecule has 1 aliphatic heterocycles. The predicted octanol–water partition coefficient (Wildman–Crippen LogP) is 1.93. The zero-order valence-electron chi connectivity index (χ0n) is 16.1. The van der Waals surface area contributed by atoms with E-state index in [2.05, 4.69) is 10.0 Å². The highest BCUT2D eigenvalue weighted by Gasteiger charge is 2.31.